The molecule has 2 aromatic carbocycles. The van der Waals surface area contributed by atoms with E-state index in [9.17, 15) is 18.0 Å². The summed E-state index contributed by atoms with van der Waals surface area (Å²) in [4.78, 5) is 13.8. The maximum absolute atomic E-state index is 14.1. The van der Waals surface area contributed by atoms with Crippen molar-refractivity contribution in [2.75, 3.05) is 33.4 Å². The molecule has 1 aliphatic carbocycles. The normalized spacial score (nSPS) is 23.1. The number of likely N-dealkylation sites (tertiary alicyclic amines) is 1. The monoisotopic (exact) mass is 543 g/mol. The third kappa shape index (κ3) is 5.14. The summed E-state index contributed by atoms with van der Waals surface area (Å²) in [5, 5.41) is 0. The van der Waals surface area contributed by atoms with Gasteiger partial charge in [-0.2, -0.15) is 13.2 Å². The highest BCUT2D eigenvalue weighted by molar-refractivity contribution is 5.93. The summed E-state index contributed by atoms with van der Waals surface area (Å²) in [5.74, 6) is 0.725. The Morgan fingerprint density at radius 3 is 2.72 bits per heavy atom. The van der Waals surface area contributed by atoms with Gasteiger partial charge in [0.25, 0.3) is 0 Å². The number of methoxy groups -OCH3 is 1. The van der Waals surface area contributed by atoms with Crippen molar-refractivity contribution < 1.29 is 36.9 Å². The molecule has 1 atom stereocenters. The molecule has 0 bridgehead atoms. The second-order valence-electron chi connectivity index (χ2n) is 10.9. The zero-order chi connectivity index (χ0) is 27.2. The predicted molar refractivity (Wildman–Crippen MR) is 137 cm³/mol. The van der Waals surface area contributed by atoms with Crippen LogP contribution in [0.25, 0.3) is 5.57 Å². The molecule has 2 saturated heterocycles. The number of alkyl halides is 3. The molecule has 2 aromatic rings. The molecule has 2 fully saturated rings. The molecule has 0 amide bonds. The van der Waals surface area contributed by atoms with E-state index in [-0.39, 0.29) is 24.9 Å². The molecule has 0 unspecified atom stereocenters. The van der Waals surface area contributed by atoms with Crippen molar-refractivity contribution in [2.45, 2.75) is 63.0 Å². The minimum atomic E-state index is -4.42. The van der Waals surface area contributed by atoms with Crippen molar-refractivity contribution in [1.82, 2.24) is 4.90 Å². The lowest BCUT2D eigenvalue weighted by atomic mass is 9.88. The first kappa shape index (κ1) is 26.2. The Morgan fingerprint density at radius 2 is 2.00 bits per heavy atom. The molecular weight excluding hydrogens is 511 g/mol. The van der Waals surface area contributed by atoms with Crippen LogP contribution in [0.2, 0.25) is 0 Å². The average Bonchev–Trinajstić information content (AvgIpc) is 3.65. The molecule has 0 N–H and O–H groups in total. The Hall–Kier alpha value is -3.04. The molecule has 6 rings (SSSR count). The zero-order valence-electron chi connectivity index (χ0n) is 21.9. The Balaban J connectivity index is 1.22. The van der Waals surface area contributed by atoms with Crippen molar-refractivity contribution in [2.24, 2.45) is 0 Å². The van der Waals surface area contributed by atoms with Crippen molar-refractivity contribution in [3.05, 3.63) is 64.2 Å². The van der Waals surface area contributed by atoms with Crippen LogP contribution < -0.4 is 9.47 Å². The van der Waals surface area contributed by atoms with Crippen LogP contribution in [0.15, 0.2) is 36.4 Å². The molecule has 0 aromatic heterocycles. The van der Waals surface area contributed by atoms with Gasteiger partial charge in [0.1, 0.15) is 24.2 Å². The van der Waals surface area contributed by atoms with Crippen molar-refractivity contribution >= 4 is 11.5 Å². The van der Waals surface area contributed by atoms with Gasteiger partial charge in [0.05, 0.1) is 18.3 Å². The molecule has 39 heavy (non-hydrogen) atoms. The highest BCUT2D eigenvalue weighted by Gasteiger charge is 2.41. The first-order valence-electron chi connectivity index (χ1n) is 13.6. The Morgan fingerprint density at radius 1 is 1.18 bits per heavy atom. The number of esters is 1. The summed E-state index contributed by atoms with van der Waals surface area (Å²) in [5.41, 5.74) is 2.85. The lowest BCUT2D eigenvalue weighted by molar-refractivity contribution is -0.138. The van der Waals surface area contributed by atoms with Gasteiger partial charge in [-0.3, -0.25) is 4.90 Å². The van der Waals surface area contributed by atoms with E-state index in [1.165, 1.54) is 19.3 Å². The van der Waals surface area contributed by atoms with Crippen LogP contribution in [-0.2, 0) is 33.4 Å². The van der Waals surface area contributed by atoms with Crippen LogP contribution in [0.5, 0.6) is 11.5 Å². The lowest BCUT2D eigenvalue weighted by Crippen LogP contribution is -2.43. The van der Waals surface area contributed by atoms with Gasteiger partial charge in [-0.05, 0) is 73.4 Å². The second kappa shape index (κ2) is 10.2. The maximum atomic E-state index is 14.1. The van der Waals surface area contributed by atoms with E-state index >= 15 is 0 Å². The van der Waals surface area contributed by atoms with Crippen LogP contribution in [0.4, 0.5) is 13.2 Å². The van der Waals surface area contributed by atoms with E-state index in [2.05, 4.69) is 4.90 Å². The molecule has 1 spiro atoms. The summed E-state index contributed by atoms with van der Waals surface area (Å²) in [7, 11) is 1.32. The Labute approximate surface area is 225 Å². The van der Waals surface area contributed by atoms with E-state index in [4.69, 9.17) is 18.9 Å². The number of ether oxygens (including phenoxy) is 4. The van der Waals surface area contributed by atoms with Crippen LogP contribution in [0.1, 0.15) is 66.0 Å². The first-order valence-corrected chi connectivity index (χ1v) is 13.6. The number of hydrogen-bond donors (Lipinski definition) is 0. The Kier molecular flexibility index (Phi) is 6.83. The largest absolute Gasteiger partial charge is 0.488 e. The average molecular weight is 544 g/mol. The van der Waals surface area contributed by atoms with E-state index < -0.39 is 17.7 Å². The number of benzene rings is 2. The van der Waals surface area contributed by atoms with Crippen molar-refractivity contribution in [3.8, 4) is 11.5 Å². The third-order valence-electron chi connectivity index (χ3n) is 8.56. The topological polar surface area (TPSA) is 57.2 Å². The van der Waals surface area contributed by atoms with Gasteiger partial charge in [-0.25, -0.2) is 4.79 Å². The fraction of sp³-hybridized carbons (Fsp3) is 0.500. The fourth-order valence-corrected chi connectivity index (χ4v) is 6.48. The quantitative estimate of drug-likeness (QED) is 0.348. The second-order valence-corrected chi connectivity index (χ2v) is 10.9. The van der Waals surface area contributed by atoms with Gasteiger partial charge in [-0.15, -0.1) is 0 Å². The molecule has 0 radical (unpaired) electrons. The van der Waals surface area contributed by atoms with Gasteiger partial charge >= 0.3 is 12.1 Å². The van der Waals surface area contributed by atoms with Crippen LogP contribution in [-0.4, -0.2) is 49.9 Å². The summed E-state index contributed by atoms with van der Waals surface area (Å²) < 4.78 is 65.0. The van der Waals surface area contributed by atoms with Crippen LogP contribution in [0.3, 0.4) is 0 Å². The molecule has 4 aliphatic rings. The van der Waals surface area contributed by atoms with E-state index in [1.807, 2.05) is 6.07 Å². The first-order chi connectivity index (χ1) is 18.7. The maximum Gasteiger partial charge on any atom is 0.416 e. The number of fused-ring (bicyclic) bond motifs is 2. The fourth-order valence-electron chi connectivity index (χ4n) is 6.48. The number of rotatable bonds is 5. The van der Waals surface area contributed by atoms with E-state index in [0.29, 0.717) is 29.9 Å². The summed E-state index contributed by atoms with van der Waals surface area (Å²) in [6.45, 7) is 2.80. The van der Waals surface area contributed by atoms with Gasteiger partial charge in [0, 0.05) is 49.5 Å². The Bertz CT molecular complexity index is 1290. The molecular formula is C30H32F3NO5. The van der Waals surface area contributed by atoms with Crippen molar-refractivity contribution in [1.29, 1.82) is 0 Å². The number of halogens is 3. The minimum Gasteiger partial charge on any atom is -0.488 e. The minimum absolute atomic E-state index is 0.0730. The predicted octanol–water partition coefficient (Wildman–Crippen LogP) is 5.87. The van der Waals surface area contributed by atoms with Crippen LogP contribution in [0, 0.1) is 0 Å². The number of nitrogens with zero attached hydrogens (tertiary/aromatic N) is 1. The van der Waals surface area contributed by atoms with Gasteiger partial charge in [0.15, 0.2) is 0 Å². The zero-order valence-corrected chi connectivity index (χ0v) is 21.9. The van der Waals surface area contributed by atoms with Crippen molar-refractivity contribution in [3.63, 3.8) is 0 Å². The molecule has 6 nitrogen and oxygen atoms in total. The molecule has 208 valence electrons. The smallest absolute Gasteiger partial charge is 0.416 e. The van der Waals surface area contributed by atoms with Crippen LogP contribution >= 0.6 is 0 Å². The SMILES string of the molecule is COC(=O)/C=C1\COc2cc(O[C@@H]3CCc4c3ccc(C(F)(F)F)c4CN3CCC4(CCCO4)CC3)ccc21. The molecule has 3 heterocycles. The van der Waals surface area contributed by atoms with Gasteiger partial charge in [0.2, 0.25) is 0 Å². The van der Waals surface area contributed by atoms with E-state index in [0.717, 1.165) is 67.6 Å². The summed E-state index contributed by atoms with van der Waals surface area (Å²) in [6, 6.07) is 8.20. The highest BCUT2D eigenvalue weighted by atomic mass is 19.4. The third-order valence-corrected chi connectivity index (χ3v) is 8.56. The van der Waals surface area contributed by atoms with E-state index in [1.54, 1.807) is 18.2 Å². The standard InChI is InChI=1S/C30H32F3NO5/c1-36-28(35)15-19-18-37-27-16-20(3-4-21(19)27)39-26-8-6-22-23(26)5-7-25(30(31,32)33)24(22)17-34-12-10-29(11-13-34)9-2-14-38-29/h3-5,7,15-16,26H,2,6,8-14,17-18H2,1H3/b19-15+/t26-/m1/s1. The van der Waals surface area contributed by atoms with Gasteiger partial charge in [-0.1, -0.05) is 6.07 Å². The molecule has 0 saturated carbocycles. The summed E-state index contributed by atoms with van der Waals surface area (Å²) >= 11 is 0. The number of carbonyl (C=O) groups is 1. The number of piperidine rings is 1. The summed E-state index contributed by atoms with van der Waals surface area (Å²) in [6.07, 6.45) is 1.63. The number of hydrogen-bond acceptors (Lipinski definition) is 6. The van der Waals surface area contributed by atoms with Gasteiger partial charge < -0.3 is 18.9 Å². The molecule has 3 aliphatic heterocycles. The molecule has 9 heteroatoms. The lowest BCUT2D eigenvalue weighted by Gasteiger charge is -2.39. The number of carbonyl (C=O) groups excluding carboxylic acids is 1. The highest BCUT2D eigenvalue weighted by Crippen LogP contribution is 2.44.